The number of aryl methyl sites for hydroxylation is 2. The lowest BCUT2D eigenvalue weighted by Gasteiger charge is -2.16. The van der Waals surface area contributed by atoms with E-state index in [1.165, 1.54) is 0 Å². The number of hydrogen-bond acceptors (Lipinski definition) is 7. The maximum Gasteiger partial charge on any atom is 0.322 e. The molecular formula is C23H27N3O5. The molecule has 0 aliphatic heterocycles. The summed E-state index contributed by atoms with van der Waals surface area (Å²) in [6.07, 6.45) is 0. The number of hydrogen-bond donors (Lipinski definition) is 1. The lowest BCUT2D eigenvalue weighted by molar-refractivity contribution is 0.102. The van der Waals surface area contributed by atoms with Gasteiger partial charge < -0.3 is 18.6 Å². The van der Waals surface area contributed by atoms with Crippen molar-refractivity contribution < 1.29 is 23.4 Å². The Kier molecular flexibility index (Phi) is 7.12. The molecule has 1 heterocycles. The molecule has 8 heteroatoms. The van der Waals surface area contributed by atoms with Crippen molar-refractivity contribution in [2.75, 3.05) is 25.1 Å². The van der Waals surface area contributed by atoms with Crippen LogP contribution in [0.1, 0.15) is 42.3 Å². The van der Waals surface area contributed by atoms with E-state index in [2.05, 4.69) is 15.5 Å². The second-order valence-corrected chi connectivity index (χ2v) is 6.79. The van der Waals surface area contributed by atoms with Gasteiger partial charge in [-0.05, 0) is 58.4 Å². The standard InChI is InChI=1S/C23H27N3O5/c1-6-28-18-12-16(13-19(29-7-2)20(18)30-8-3)22-25-26-23(31-22)24-21(27)17-10-9-14(4)11-15(17)5/h9-13H,6-8H2,1-5H3,(H,24,26,27). The van der Waals surface area contributed by atoms with Crippen molar-refractivity contribution in [3.63, 3.8) is 0 Å². The number of nitrogens with one attached hydrogen (secondary N) is 1. The molecule has 0 radical (unpaired) electrons. The number of amides is 1. The van der Waals surface area contributed by atoms with Gasteiger partial charge in [-0.25, -0.2) is 0 Å². The average Bonchev–Trinajstić information content (AvgIpc) is 3.19. The minimum Gasteiger partial charge on any atom is -0.490 e. The van der Waals surface area contributed by atoms with Crippen LogP contribution >= 0.6 is 0 Å². The summed E-state index contributed by atoms with van der Waals surface area (Å²) in [6, 6.07) is 9.10. The van der Waals surface area contributed by atoms with E-state index in [4.69, 9.17) is 18.6 Å². The van der Waals surface area contributed by atoms with Crippen LogP contribution in [-0.2, 0) is 0 Å². The second kappa shape index (κ2) is 9.97. The smallest absolute Gasteiger partial charge is 0.322 e. The molecule has 0 fully saturated rings. The molecule has 2 aromatic carbocycles. The van der Waals surface area contributed by atoms with E-state index in [1.807, 2.05) is 46.8 Å². The van der Waals surface area contributed by atoms with E-state index < -0.39 is 0 Å². The Bertz CT molecular complexity index is 1030. The molecule has 3 rings (SSSR count). The average molecular weight is 425 g/mol. The molecule has 0 saturated heterocycles. The molecule has 1 amide bonds. The van der Waals surface area contributed by atoms with E-state index >= 15 is 0 Å². The molecule has 0 spiro atoms. The Morgan fingerprint density at radius 2 is 1.58 bits per heavy atom. The molecule has 0 atom stereocenters. The molecule has 0 unspecified atom stereocenters. The van der Waals surface area contributed by atoms with Crippen molar-refractivity contribution in [2.45, 2.75) is 34.6 Å². The van der Waals surface area contributed by atoms with Crippen molar-refractivity contribution in [3.8, 4) is 28.7 Å². The van der Waals surface area contributed by atoms with Crippen LogP contribution in [0.4, 0.5) is 6.01 Å². The quantitative estimate of drug-likeness (QED) is 0.526. The van der Waals surface area contributed by atoms with Gasteiger partial charge in [0.1, 0.15) is 0 Å². The van der Waals surface area contributed by atoms with E-state index in [0.717, 1.165) is 11.1 Å². The minimum absolute atomic E-state index is 0.00443. The zero-order chi connectivity index (χ0) is 22.4. The fourth-order valence-electron chi connectivity index (χ4n) is 3.14. The highest BCUT2D eigenvalue weighted by Gasteiger charge is 2.20. The Labute approximate surface area is 181 Å². The zero-order valence-corrected chi connectivity index (χ0v) is 18.4. The van der Waals surface area contributed by atoms with Gasteiger partial charge in [-0.1, -0.05) is 22.8 Å². The summed E-state index contributed by atoms with van der Waals surface area (Å²) in [7, 11) is 0. The van der Waals surface area contributed by atoms with Crippen LogP contribution in [0.25, 0.3) is 11.5 Å². The van der Waals surface area contributed by atoms with Crippen LogP contribution in [0.5, 0.6) is 17.2 Å². The molecule has 0 saturated carbocycles. The first-order valence-electron chi connectivity index (χ1n) is 10.3. The normalized spacial score (nSPS) is 10.6. The Morgan fingerprint density at radius 1 is 0.935 bits per heavy atom. The predicted molar refractivity (Wildman–Crippen MR) is 117 cm³/mol. The molecule has 31 heavy (non-hydrogen) atoms. The van der Waals surface area contributed by atoms with Gasteiger partial charge >= 0.3 is 6.01 Å². The van der Waals surface area contributed by atoms with Crippen LogP contribution in [-0.4, -0.2) is 35.9 Å². The number of carbonyl (C=O) groups is 1. The van der Waals surface area contributed by atoms with Gasteiger partial charge in [0.25, 0.3) is 5.91 Å². The van der Waals surface area contributed by atoms with Crippen molar-refractivity contribution >= 4 is 11.9 Å². The minimum atomic E-state index is -0.315. The third kappa shape index (κ3) is 5.14. The molecule has 1 aromatic heterocycles. The molecule has 8 nitrogen and oxygen atoms in total. The van der Waals surface area contributed by atoms with Crippen molar-refractivity contribution in [2.24, 2.45) is 0 Å². The van der Waals surface area contributed by atoms with Crippen molar-refractivity contribution in [1.82, 2.24) is 10.2 Å². The van der Waals surface area contributed by atoms with Crippen molar-refractivity contribution in [3.05, 3.63) is 47.0 Å². The van der Waals surface area contributed by atoms with Gasteiger partial charge in [0, 0.05) is 11.1 Å². The molecule has 3 aromatic rings. The third-order valence-electron chi connectivity index (χ3n) is 4.43. The second-order valence-electron chi connectivity index (χ2n) is 6.79. The first-order valence-corrected chi connectivity index (χ1v) is 10.3. The number of ether oxygens (including phenoxy) is 3. The van der Waals surface area contributed by atoms with Crippen LogP contribution < -0.4 is 19.5 Å². The van der Waals surface area contributed by atoms with Crippen LogP contribution in [0.3, 0.4) is 0 Å². The molecule has 0 bridgehead atoms. The van der Waals surface area contributed by atoms with E-state index in [1.54, 1.807) is 18.2 Å². The van der Waals surface area contributed by atoms with Gasteiger partial charge in [-0.2, -0.15) is 0 Å². The summed E-state index contributed by atoms with van der Waals surface area (Å²) >= 11 is 0. The molecule has 1 N–H and O–H groups in total. The highest BCUT2D eigenvalue weighted by atomic mass is 16.5. The lowest BCUT2D eigenvalue weighted by atomic mass is 10.1. The van der Waals surface area contributed by atoms with E-state index in [9.17, 15) is 4.79 Å². The number of benzene rings is 2. The van der Waals surface area contributed by atoms with Crippen molar-refractivity contribution in [1.29, 1.82) is 0 Å². The summed E-state index contributed by atoms with van der Waals surface area (Å²) in [4.78, 5) is 12.6. The summed E-state index contributed by atoms with van der Waals surface area (Å²) in [6.45, 7) is 10.9. The first kappa shape index (κ1) is 22.1. The van der Waals surface area contributed by atoms with Gasteiger partial charge in [0.2, 0.25) is 11.6 Å². The van der Waals surface area contributed by atoms with Crippen LogP contribution in [0, 0.1) is 13.8 Å². The van der Waals surface area contributed by atoms with Gasteiger partial charge in [0.15, 0.2) is 11.5 Å². The summed E-state index contributed by atoms with van der Waals surface area (Å²) in [5.74, 6) is 1.47. The number of carbonyl (C=O) groups excluding carboxylic acids is 1. The number of rotatable bonds is 9. The topological polar surface area (TPSA) is 95.7 Å². The third-order valence-corrected chi connectivity index (χ3v) is 4.43. The van der Waals surface area contributed by atoms with Gasteiger partial charge in [0.05, 0.1) is 19.8 Å². The van der Waals surface area contributed by atoms with Gasteiger partial charge in [-0.15, -0.1) is 5.10 Å². The number of aromatic nitrogens is 2. The largest absolute Gasteiger partial charge is 0.490 e. The molecular weight excluding hydrogens is 398 g/mol. The summed E-state index contributed by atoms with van der Waals surface area (Å²) < 4.78 is 22.9. The zero-order valence-electron chi connectivity index (χ0n) is 18.4. The number of anilines is 1. The lowest BCUT2D eigenvalue weighted by Crippen LogP contribution is -2.13. The van der Waals surface area contributed by atoms with Crippen LogP contribution in [0.2, 0.25) is 0 Å². The van der Waals surface area contributed by atoms with E-state index in [-0.39, 0.29) is 17.8 Å². The SMILES string of the molecule is CCOc1cc(-c2nnc(NC(=O)c3ccc(C)cc3C)o2)cc(OCC)c1OCC. The van der Waals surface area contributed by atoms with Gasteiger partial charge in [-0.3, -0.25) is 10.1 Å². The molecule has 0 aliphatic rings. The summed E-state index contributed by atoms with van der Waals surface area (Å²) in [5, 5.41) is 10.7. The maximum absolute atomic E-state index is 12.6. The molecule has 0 aliphatic carbocycles. The first-order chi connectivity index (χ1) is 15.0. The van der Waals surface area contributed by atoms with Crippen LogP contribution in [0.15, 0.2) is 34.7 Å². The highest BCUT2D eigenvalue weighted by Crippen LogP contribution is 2.41. The molecule has 164 valence electrons. The fraction of sp³-hybridized carbons (Fsp3) is 0.348. The Hall–Kier alpha value is -3.55. The monoisotopic (exact) mass is 425 g/mol. The maximum atomic E-state index is 12.6. The van der Waals surface area contributed by atoms with E-state index in [0.29, 0.717) is 48.2 Å². The fourth-order valence-corrected chi connectivity index (χ4v) is 3.14. The summed E-state index contributed by atoms with van der Waals surface area (Å²) in [5.41, 5.74) is 3.09. The Morgan fingerprint density at radius 3 is 2.16 bits per heavy atom. The Balaban J connectivity index is 1.89. The predicted octanol–water partition coefficient (Wildman–Crippen LogP) is 4.80. The number of nitrogens with zero attached hydrogens (tertiary/aromatic N) is 2. The highest BCUT2D eigenvalue weighted by molar-refractivity contribution is 6.04.